The van der Waals surface area contributed by atoms with Gasteiger partial charge >= 0.3 is 0 Å². The van der Waals surface area contributed by atoms with Gasteiger partial charge in [-0.2, -0.15) is 4.98 Å². The molecule has 1 aromatic heterocycles. The maximum atomic E-state index is 10.9. The van der Waals surface area contributed by atoms with Gasteiger partial charge in [0.15, 0.2) is 15.7 Å². The topological polar surface area (TPSA) is 73.1 Å². The van der Waals surface area contributed by atoms with E-state index in [4.69, 9.17) is 16.1 Å². The van der Waals surface area contributed by atoms with Crippen LogP contribution in [0.5, 0.6) is 0 Å². The Hall–Kier alpha value is -0.620. The van der Waals surface area contributed by atoms with Gasteiger partial charge in [-0.3, -0.25) is 0 Å². The molecular weight excluding hydrogens is 228 g/mol. The minimum absolute atomic E-state index is 0.0848. The van der Waals surface area contributed by atoms with E-state index in [2.05, 4.69) is 10.1 Å². The van der Waals surface area contributed by atoms with Crippen molar-refractivity contribution < 1.29 is 12.9 Å². The molecule has 80 valence electrons. The normalized spacial score (nSPS) is 14.2. The molecule has 1 atom stereocenters. The summed E-state index contributed by atoms with van der Waals surface area (Å²) in [7, 11) is -3.14. The molecule has 5 nitrogen and oxygen atoms in total. The lowest BCUT2D eigenvalue weighted by Gasteiger charge is -1.96. The molecule has 0 bridgehead atoms. The van der Waals surface area contributed by atoms with Gasteiger partial charge in [0.05, 0.1) is 5.38 Å². The van der Waals surface area contributed by atoms with Gasteiger partial charge in [0.1, 0.15) is 5.75 Å². The smallest absolute Gasteiger partial charge is 0.241 e. The van der Waals surface area contributed by atoms with Gasteiger partial charge in [-0.05, 0) is 6.42 Å². The number of hydrogen-bond donors (Lipinski definition) is 0. The van der Waals surface area contributed by atoms with Gasteiger partial charge in [0.25, 0.3) is 0 Å². The molecule has 0 saturated heterocycles. The Labute approximate surface area is 87.4 Å². The van der Waals surface area contributed by atoms with Crippen molar-refractivity contribution in [3.8, 4) is 0 Å². The lowest BCUT2D eigenvalue weighted by molar-refractivity contribution is 0.382. The first-order valence-electron chi connectivity index (χ1n) is 4.06. The van der Waals surface area contributed by atoms with Crippen LogP contribution in [-0.4, -0.2) is 24.8 Å². The summed E-state index contributed by atoms with van der Waals surface area (Å²) in [6.07, 6.45) is 1.77. The van der Waals surface area contributed by atoms with Crippen LogP contribution in [0.15, 0.2) is 4.52 Å². The highest BCUT2D eigenvalue weighted by Gasteiger charge is 2.16. The van der Waals surface area contributed by atoms with Gasteiger partial charge in [0, 0.05) is 6.26 Å². The van der Waals surface area contributed by atoms with Crippen LogP contribution in [0.1, 0.15) is 30.4 Å². The standard InChI is InChI=1S/C7H11ClN2O3S/c1-3-5(8)7-9-6(13-10-7)4-14(2,11)12/h5H,3-4H2,1-2H3. The lowest BCUT2D eigenvalue weighted by atomic mass is 10.3. The van der Waals surface area contributed by atoms with E-state index in [1.54, 1.807) is 0 Å². The van der Waals surface area contributed by atoms with Crippen molar-refractivity contribution in [3.63, 3.8) is 0 Å². The number of nitrogens with zero attached hydrogens (tertiary/aromatic N) is 2. The lowest BCUT2D eigenvalue weighted by Crippen LogP contribution is -2.01. The first-order valence-corrected chi connectivity index (χ1v) is 6.56. The van der Waals surface area contributed by atoms with Gasteiger partial charge in [-0.1, -0.05) is 12.1 Å². The van der Waals surface area contributed by atoms with E-state index >= 15 is 0 Å². The Balaban J connectivity index is 2.79. The van der Waals surface area contributed by atoms with E-state index < -0.39 is 9.84 Å². The van der Waals surface area contributed by atoms with Crippen LogP contribution in [0.4, 0.5) is 0 Å². The predicted molar refractivity (Wildman–Crippen MR) is 51.7 cm³/mol. The van der Waals surface area contributed by atoms with Crippen LogP contribution in [0, 0.1) is 0 Å². The van der Waals surface area contributed by atoms with Crippen LogP contribution in [0.3, 0.4) is 0 Å². The highest BCUT2D eigenvalue weighted by Crippen LogP contribution is 2.20. The second-order valence-electron chi connectivity index (χ2n) is 2.99. The molecule has 0 aliphatic carbocycles. The molecule has 0 aromatic carbocycles. The highest BCUT2D eigenvalue weighted by atomic mass is 35.5. The van der Waals surface area contributed by atoms with Gasteiger partial charge in [-0.25, -0.2) is 8.42 Å². The van der Waals surface area contributed by atoms with E-state index in [0.29, 0.717) is 12.2 Å². The van der Waals surface area contributed by atoms with Crippen molar-refractivity contribution >= 4 is 21.4 Å². The molecule has 0 saturated carbocycles. The zero-order valence-electron chi connectivity index (χ0n) is 7.90. The molecule has 0 aliphatic rings. The molecular formula is C7H11ClN2O3S. The molecule has 1 aromatic rings. The predicted octanol–water partition coefficient (Wildman–Crippen LogP) is 1.30. The maximum absolute atomic E-state index is 10.9. The van der Waals surface area contributed by atoms with Crippen molar-refractivity contribution in [1.82, 2.24) is 10.1 Å². The Bertz CT molecular complexity index is 401. The molecule has 0 aliphatic heterocycles. The Kier molecular flexibility index (Phi) is 3.49. The van der Waals surface area contributed by atoms with Crippen molar-refractivity contribution in [1.29, 1.82) is 0 Å². The van der Waals surface area contributed by atoms with E-state index in [0.717, 1.165) is 6.26 Å². The third kappa shape index (κ3) is 3.26. The average molecular weight is 239 g/mol. The van der Waals surface area contributed by atoms with E-state index in [1.165, 1.54) is 0 Å². The van der Waals surface area contributed by atoms with E-state index in [1.807, 2.05) is 6.92 Å². The minimum atomic E-state index is -3.14. The van der Waals surface area contributed by atoms with Crippen molar-refractivity contribution in [2.24, 2.45) is 0 Å². The summed E-state index contributed by atoms with van der Waals surface area (Å²) in [6, 6.07) is 0. The summed E-state index contributed by atoms with van der Waals surface area (Å²) in [5.41, 5.74) is 0. The monoisotopic (exact) mass is 238 g/mol. The summed E-state index contributed by atoms with van der Waals surface area (Å²) in [4.78, 5) is 3.88. The number of rotatable bonds is 4. The van der Waals surface area contributed by atoms with E-state index in [-0.39, 0.29) is 17.0 Å². The summed E-state index contributed by atoms with van der Waals surface area (Å²) in [5.74, 6) is 0.183. The highest BCUT2D eigenvalue weighted by molar-refractivity contribution is 7.89. The van der Waals surface area contributed by atoms with Crippen LogP contribution in [0.25, 0.3) is 0 Å². The first-order chi connectivity index (χ1) is 6.42. The first kappa shape index (κ1) is 11.5. The molecule has 1 rings (SSSR count). The van der Waals surface area contributed by atoms with Crippen LogP contribution in [0.2, 0.25) is 0 Å². The fourth-order valence-corrected chi connectivity index (χ4v) is 1.52. The summed E-state index contributed by atoms with van der Waals surface area (Å²) in [5, 5.41) is 3.26. The van der Waals surface area contributed by atoms with Crippen molar-refractivity contribution in [2.45, 2.75) is 24.5 Å². The maximum Gasteiger partial charge on any atom is 0.241 e. The molecule has 1 unspecified atom stereocenters. The fourth-order valence-electron chi connectivity index (χ4n) is 0.861. The molecule has 0 amide bonds. The zero-order valence-corrected chi connectivity index (χ0v) is 9.47. The third-order valence-corrected chi connectivity index (χ3v) is 2.78. The molecule has 14 heavy (non-hydrogen) atoms. The van der Waals surface area contributed by atoms with Crippen molar-refractivity contribution in [2.75, 3.05) is 6.26 Å². The Morgan fingerprint density at radius 2 is 2.21 bits per heavy atom. The average Bonchev–Trinajstić information content (AvgIpc) is 2.48. The fraction of sp³-hybridized carbons (Fsp3) is 0.714. The number of aromatic nitrogens is 2. The largest absolute Gasteiger partial charge is 0.338 e. The number of halogens is 1. The Morgan fingerprint density at radius 3 is 2.71 bits per heavy atom. The summed E-state index contributed by atoms with van der Waals surface area (Å²) < 4.78 is 26.5. The summed E-state index contributed by atoms with van der Waals surface area (Å²) >= 11 is 5.84. The van der Waals surface area contributed by atoms with E-state index in [9.17, 15) is 8.42 Å². The van der Waals surface area contributed by atoms with Crippen molar-refractivity contribution in [3.05, 3.63) is 11.7 Å². The molecule has 0 spiro atoms. The molecule has 7 heteroatoms. The second kappa shape index (κ2) is 4.27. The number of hydrogen-bond acceptors (Lipinski definition) is 5. The quantitative estimate of drug-likeness (QED) is 0.740. The SMILES string of the molecule is CCC(Cl)c1noc(CS(C)(=O)=O)n1. The van der Waals surface area contributed by atoms with Gasteiger partial charge in [0.2, 0.25) is 5.89 Å². The number of sulfone groups is 1. The Morgan fingerprint density at radius 1 is 1.57 bits per heavy atom. The number of alkyl halides is 1. The van der Waals surface area contributed by atoms with Crippen LogP contribution >= 0.6 is 11.6 Å². The van der Waals surface area contributed by atoms with Gasteiger partial charge in [-0.15, -0.1) is 11.6 Å². The van der Waals surface area contributed by atoms with Gasteiger partial charge < -0.3 is 4.52 Å². The molecule has 0 fully saturated rings. The minimum Gasteiger partial charge on any atom is -0.338 e. The molecule has 1 heterocycles. The molecule has 0 radical (unpaired) electrons. The second-order valence-corrected chi connectivity index (χ2v) is 5.66. The zero-order chi connectivity index (χ0) is 10.8. The van der Waals surface area contributed by atoms with Crippen LogP contribution < -0.4 is 0 Å². The summed E-state index contributed by atoms with van der Waals surface area (Å²) in [6.45, 7) is 1.88. The third-order valence-electron chi connectivity index (χ3n) is 1.51. The van der Waals surface area contributed by atoms with Crippen LogP contribution in [-0.2, 0) is 15.6 Å². The molecule has 0 N–H and O–H groups in total.